The molecular weight excluding hydrogens is 358 g/mol. The molecule has 1 amide bonds. The molecule has 1 N–H and O–H groups in total. The Hall–Kier alpha value is -3.04. The van der Waals surface area contributed by atoms with E-state index in [1.807, 2.05) is 0 Å². The Labute approximate surface area is 152 Å². The summed E-state index contributed by atoms with van der Waals surface area (Å²) in [5.74, 6) is -2.91. The van der Waals surface area contributed by atoms with Gasteiger partial charge in [0.05, 0.1) is 17.5 Å². The van der Waals surface area contributed by atoms with Gasteiger partial charge < -0.3 is 4.90 Å². The molecule has 3 aromatic rings. The Morgan fingerprint density at radius 3 is 2.93 bits per heavy atom. The van der Waals surface area contributed by atoms with Crippen LogP contribution in [0.1, 0.15) is 35.3 Å². The summed E-state index contributed by atoms with van der Waals surface area (Å²) < 4.78 is 29.9. The van der Waals surface area contributed by atoms with Crippen LogP contribution < -0.4 is 5.56 Å². The lowest BCUT2D eigenvalue weighted by Gasteiger charge is -2.20. The molecule has 10 heteroatoms. The van der Waals surface area contributed by atoms with Crippen LogP contribution in [0.25, 0.3) is 11.5 Å². The number of H-pyrrole nitrogens is 1. The van der Waals surface area contributed by atoms with Crippen LogP contribution in [0.2, 0.25) is 0 Å². The first kappa shape index (κ1) is 17.4. The number of carbonyl (C=O) groups excluding carboxylic acids is 1. The first-order chi connectivity index (χ1) is 12.9. The fourth-order valence-electron chi connectivity index (χ4n) is 3.30. The van der Waals surface area contributed by atoms with Crippen molar-refractivity contribution in [2.75, 3.05) is 13.1 Å². The van der Waals surface area contributed by atoms with Gasteiger partial charge in [0.1, 0.15) is 5.52 Å². The predicted molar refractivity (Wildman–Crippen MR) is 92.4 cm³/mol. The number of halogens is 2. The van der Waals surface area contributed by atoms with Crippen LogP contribution in [-0.2, 0) is 0 Å². The number of aromatic amines is 1. The van der Waals surface area contributed by atoms with Gasteiger partial charge in [-0.15, -0.1) is 5.10 Å². The van der Waals surface area contributed by atoms with E-state index in [0.29, 0.717) is 16.8 Å². The lowest BCUT2D eigenvalue weighted by molar-refractivity contribution is -0.0125. The Kier molecular flexibility index (Phi) is 4.05. The highest BCUT2D eigenvalue weighted by Crippen LogP contribution is 2.28. The summed E-state index contributed by atoms with van der Waals surface area (Å²) in [4.78, 5) is 29.0. The van der Waals surface area contributed by atoms with Crippen molar-refractivity contribution in [1.29, 1.82) is 0 Å². The number of amides is 1. The highest BCUT2D eigenvalue weighted by atomic mass is 19.3. The van der Waals surface area contributed by atoms with Gasteiger partial charge in [-0.25, -0.2) is 18.0 Å². The molecule has 0 saturated carbocycles. The minimum atomic E-state index is -2.73. The highest BCUT2D eigenvalue weighted by Gasteiger charge is 2.34. The van der Waals surface area contributed by atoms with Crippen molar-refractivity contribution in [3.8, 4) is 5.95 Å². The quantitative estimate of drug-likeness (QED) is 0.738. The van der Waals surface area contributed by atoms with Gasteiger partial charge in [-0.05, 0) is 25.5 Å². The normalized spacial score (nSPS) is 17.2. The Balaban J connectivity index is 1.65. The fourth-order valence-corrected chi connectivity index (χ4v) is 3.30. The maximum atomic E-state index is 13.5. The lowest BCUT2D eigenvalue weighted by Crippen LogP contribution is -2.33. The zero-order valence-corrected chi connectivity index (χ0v) is 14.7. The van der Waals surface area contributed by atoms with Crippen LogP contribution in [-0.4, -0.2) is 54.2 Å². The summed E-state index contributed by atoms with van der Waals surface area (Å²) in [6.45, 7) is 1.96. The second-order valence-electron chi connectivity index (χ2n) is 6.67. The zero-order valence-electron chi connectivity index (χ0n) is 14.7. The van der Waals surface area contributed by atoms with Gasteiger partial charge in [0.2, 0.25) is 11.9 Å². The van der Waals surface area contributed by atoms with Gasteiger partial charge in [0, 0.05) is 32.1 Å². The first-order valence-corrected chi connectivity index (χ1v) is 8.65. The van der Waals surface area contributed by atoms with Crippen LogP contribution in [0.3, 0.4) is 0 Å². The molecule has 4 heterocycles. The molecule has 0 aromatic carbocycles. The van der Waals surface area contributed by atoms with Gasteiger partial charge in [-0.3, -0.25) is 14.6 Å². The van der Waals surface area contributed by atoms with E-state index in [1.165, 1.54) is 20.3 Å². The molecule has 0 atom stereocenters. The van der Waals surface area contributed by atoms with Crippen molar-refractivity contribution >= 4 is 11.4 Å². The van der Waals surface area contributed by atoms with E-state index in [0.717, 1.165) is 0 Å². The van der Waals surface area contributed by atoms with Gasteiger partial charge in [0.15, 0.2) is 0 Å². The van der Waals surface area contributed by atoms with Crippen LogP contribution in [0.5, 0.6) is 0 Å². The fraction of sp³-hybridized carbons (Fsp3) is 0.412. The van der Waals surface area contributed by atoms with E-state index in [4.69, 9.17) is 0 Å². The second-order valence-corrected chi connectivity index (χ2v) is 6.67. The average molecular weight is 376 g/mol. The van der Waals surface area contributed by atoms with Crippen LogP contribution in [0.15, 0.2) is 29.3 Å². The summed E-state index contributed by atoms with van der Waals surface area (Å²) in [7, 11) is 0. The molecule has 0 spiro atoms. The van der Waals surface area contributed by atoms with E-state index in [-0.39, 0.29) is 49.8 Å². The van der Waals surface area contributed by atoms with Crippen molar-refractivity contribution in [2.24, 2.45) is 0 Å². The van der Waals surface area contributed by atoms with Gasteiger partial charge in [-0.1, -0.05) is 0 Å². The largest absolute Gasteiger partial charge is 0.338 e. The third kappa shape index (κ3) is 3.11. The molecule has 0 unspecified atom stereocenters. The summed E-state index contributed by atoms with van der Waals surface area (Å²) in [6.07, 6.45) is 2.71. The number of alkyl halides is 2. The molecule has 1 aliphatic heterocycles. The Morgan fingerprint density at radius 1 is 1.30 bits per heavy atom. The van der Waals surface area contributed by atoms with E-state index in [2.05, 4.69) is 15.2 Å². The standard InChI is InChI=1S/C17H18F2N6O2/c1-11-12(15(27)23-7-3-5-17(18,19)6-9-23)10-20-25(11)16-21-14(26)13-4-2-8-24(13)22-16/h2,4,8,10H,3,5-7,9H2,1H3,(H,21,22,26). The topological polar surface area (TPSA) is 88.3 Å². The third-order valence-corrected chi connectivity index (χ3v) is 4.83. The van der Waals surface area contributed by atoms with Crippen molar-refractivity contribution in [1.82, 2.24) is 29.3 Å². The number of nitrogens with zero attached hydrogens (tertiary/aromatic N) is 5. The third-order valence-electron chi connectivity index (χ3n) is 4.83. The second kappa shape index (κ2) is 6.29. The molecule has 3 aromatic heterocycles. The number of fused-ring (bicyclic) bond motifs is 1. The summed E-state index contributed by atoms with van der Waals surface area (Å²) >= 11 is 0. The molecule has 0 bridgehead atoms. The number of nitrogens with one attached hydrogen (secondary N) is 1. The number of hydrogen-bond acceptors (Lipinski definition) is 4. The van der Waals surface area contributed by atoms with Crippen LogP contribution in [0, 0.1) is 6.92 Å². The number of aromatic nitrogens is 5. The molecule has 142 valence electrons. The first-order valence-electron chi connectivity index (χ1n) is 8.65. The Morgan fingerprint density at radius 2 is 2.11 bits per heavy atom. The van der Waals surface area contributed by atoms with Gasteiger partial charge in [-0.2, -0.15) is 5.10 Å². The van der Waals surface area contributed by atoms with Crippen molar-refractivity contribution in [2.45, 2.75) is 32.1 Å². The number of likely N-dealkylation sites (tertiary alicyclic amines) is 1. The zero-order chi connectivity index (χ0) is 19.2. The SMILES string of the molecule is Cc1c(C(=O)N2CCCC(F)(F)CC2)cnn1-c1nn2cccc2c(=O)[nH]1. The minimum Gasteiger partial charge on any atom is -0.338 e. The van der Waals surface area contributed by atoms with Crippen LogP contribution >= 0.6 is 0 Å². The monoisotopic (exact) mass is 376 g/mol. The predicted octanol–water partition coefficient (Wildman–Crippen LogP) is 1.78. The summed E-state index contributed by atoms with van der Waals surface area (Å²) in [6, 6.07) is 3.33. The van der Waals surface area contributed by atoms with E-state index in [1.54, 1.807) is 25.3 Å². The Bertz CT molecular complexity index is 1070. The molecule has 1 fully saturated rings. The summed E-state index contributed by atoms with van der Waals surface area (Å²) in [5, 5.41) is 8.45. The molecule has 0 radical (unpaired) electrons. The number of carbonyl (C=O) groups is 1. The number of rotatable bonds is 2. The van der Waals surface area contributed by atoms with E-state index in [9.17, 15) is 18.4 Å². The maximum Gasteiger partial charge on any atom is 0.276 e. The van der Waals surface area contributed by atoms with E-state index >= 15 is 0 Å². The molecule has 0 aliphatic carbocycles. The molecule has 1 saturated heterocycles. The number of hydrogen-bond donors (Lipinski definition) is 1. The maximum absolute atomic E-state index is 13.5. The van der Waals surface area contributed by atoms with Crippen molar-refractivity contribution in [3.63, 3.8) is 0 Å². The van der Waals surface area contributed by atoms with Crippen molar-refractivity contribution in [3.05, 3.63) is 46.1 Å². The van der Waals surface area contributed by atoms with Crippen LogP contribution in [0.4, 0.5) is 8.78 Å². The van der Waals surface area contributed by atoms with E-state index < -0.39 is 5.92 Å². The molecule has 27 heavy (non-hydrogen) atoms. The van der Waals surface area contributed by atoms with Crippen molar-refractivity contribution < 1.29 is 13.6 Å². The molecular formula is C17H18F2N6O2. The average Bonchev–Trinajstić information content (AvgIpc) is 3.19. The highest BCUT2D eigenvalue weighted by molar-refractivity contribution is 5.95. The molecule has 1 aliphatic rings. The summed E-state index contributed by atoms with van der Waals surface area (Å²) in [5.41, 5.74) is 0.842. The lowest BCUT2D eigenvalue weighted by atomic mass is 10.1. The smallest absolute Gasteiger partial charge is 0.276 e. The van der Waals surface area contributed by atoms with Gasteiger partial charge in [0.25, 0.3) is 11.5 Å². The minimum absolute atomic E-state index is 0.000856. The molecule has 8 nitrogen and oxygen atoms in total. The van der Waals surface area contributed by atoms with Gasteiger partial charge >= 0.3 is 0 Å². The molecule has 4 rings (SSSR count).